The highest BCUT2D eigenvalue weighted by Crippen LogP contribution is 2.30. The number of pyridine rings is 1. The van der Waals surface area contributed by atoms with Gasteiger partial charge in [-0.05, 0) is 18.2 Å². The number of anilines is 2. The Balaban J connectivity index is 1.78. The highest BCUT2D eigenvalue weighted by atomic mass is 35.5. The standard InChI is InChI=1S/C17H11Cl2N7O/c18-10-2-1-3-11(19)15(10)26-7-9-12(25-26)4-5-21-17(9)24-14-6-13(16(20)27)22-8-23-14/h1-8H,(H2,20,27)(H,21,22,23,24). The molecule has 3 heterocycles. The second-order valence-corrected chi connectivity index (χ2v) is 6.33. The van der Waals surface area contributed by atoms with Crippen molar-refractivity contribution in [3.05, 3.63) is 64.8 Å². The van der Waals surface area contributed by atoms with E-state index in [0.717, 1.165) is 0 Å². The number of nitrogens with one attached hydrogen (secondary N) is 1. The Kier molecular flexibility index (Phi) is 4.35. The molecular formula is C17H11Cl2N7O. The zero-order chi connectivity index (χ0) is 19.0. The Morgan fingerprint density at radius 1 is 1.11 bits per heavy atom. The summed E-state index contributed by atoms with van der Waals surface area (Å²) in [6, 6.07) is 8.43. The molecule has 0 saturated heterocycles. The lowest BCUT2D eigenvalue weighted by molar-refractivity contribution is 0.0995. The quantitative estimate of drug-likeness (QED) is 0.543. The molecule has 3 aromatic heterocycles. The Morgan fingerprint density at radius 3 is 2.63 bits per heavy atom. The molecule has 134 valence electrons. The largest absolute Gasteiger partial charge is 0.364 e. The number of aromatic nitrogens is 5. The van der Waals surface area contributed by atoms with Gasteiger partial charge >= 0.3 is 0 Å². The lowest BCUT2D eigenvalue weighted by Gasteiger charge is -2.06. The number of nitrogens with two attached hydrogens (primary N) is 1. The normalized spacial score (nSPS) is 10.9. The van der Waals surface area contributed by atoms with Gasteiger partial charge in [0.2, 0.25) is 0 Å². The third-order valence-electron chi connectivity index (χ3n) is 3.77. The van der Waals surface area contributed by atoms with Crippen molar-refractivity contribution in [1.82, 2.24) is 24.7 Å². The molecule has 27 heavy (non-hydrogen) atoms. The fourth-order valence-electron chi connectivity index (χ4n) is 2.55. The maximum Gasteiger partial charge on any atom is 0.267 e. The van der Waals surface area contributed by atoms with Gasteiger partial charge in [-0.15, -0.1) is 0 Å². The molecule has 0 aliphatic carbocycles. The predicted molar refractivity (Wildman–Crippen MR) is 103 cm³/mol. The molecule has 0 saturated carbocycles. The molecule has 0 aliphatic rings. The Bertz CT molecular complexity index is 1150. The maximum atomic E-state index is 11.3. The molecule has 1 amide bonds. The van der Waals surface area contributed by atoms with Crippen LogP contribution in [0.3, 0.4) is 0 Å². The molecule has 3 N–H and O–H groups in total. The van der Waals surface area contributed by atoms with Crippen LogP contribution in [-0.4, -0.2) is 30.6 Å². The van der Waals surface area contributed by atoms with Crippen molar-refractivity contribution in [3.8, 4) is 5.69 Å². The van der Waals surface area contributed by atoms with Gasteiger partial charge in [-0.3, -0.25) is 4.79 Å². The number of benzene rings is 1. The van der Waals surface area contributed by atoms with Crippen molar-refractivity contribution in [2.75, 3.05) is 5.32 Å². The Labute approximate surface area is 163 Å². The molecular weight excluding hydrogens is 389 g/mol. The first-order valence-electron chi connectivity index (χ1n) is 7.70. The minimum absolute atomic E-state index is 0.0956. The Morgan fingerprint density at radius 2 is 1.89 bits per heavy atom. The monoisotopic (exact) mass is 399 g/mol. The van der Waals surface area contributed by atoms with E-state index in [0.29, 0.717) is 38.3 Å². The predicted octanol–water partition coefficient (Wildman–Crippen LogP) is 3.36. The molecule has 0 unspecified atom stereocenters. The third kappa shape index (κ3) is 3.27. The molecule has 0 bridgehead atoms. The van der Waals surface area contributed by atoms with Crippen LogP contribution in [0.2, 0.25) is 10.0 Å². The van der Waals surface area contributed by atoms with Gasteiger partial charge < -0.3 is 11.1 Å². The molecule has 4 rings (SSSR count). The smallest absolute Gasteiger partial charge is 0.267 e. The van der Waals surface area contributed by atoms with Crippen molar-refractivity contribution in [2.45, 2.75) is 0 Å². The molecule has 0 fully saturated rings. The zero-order valence-electron chi connectivity index (χ0n) is 13.6. The molecule has 1 aromatic carbocycles. The topological polar surface area (TPSA) is 112 Å². The lowest BCUT2D eigenvalue weighted by atomic mass is 10.3. The minimum Gasteiger partial charge on any atom is -0.364 e. The lowest BCUT2D eigenvalue weighted by Crippen LogP contribution is -2.13. The average Bonchev–Trinajstić information content (AvgIpc) is 3.06. The summed E-state index contributed by atoms with van der Waals surface area (Å²) in [7, 11) is 0. The molecule has 10 heteroatoms. The van der Waals surface area contributed by atoms with Crippen LogP contribution in [-0.2, 0) is 0 Å². The van der Waals surface area contributed by atoms with E-state index >= 15 is 0 Å². The summed E-state index contributed by atoms with van der Waals surface area (Å²) in [6.45, 7) is 0. The van der Waals surface area contributed by atoms with E-state index < -0.39 is 5.91 Å². The molecule has 0 spiro atoms. The molecule has 0 aliphatic heterocycles. The summed E-state index contributed by atoms with van der Waals surface area (Å²) in [4.78, 5) is 23.5. The Hall–Kier alpha value is -3.23. The van der Waals surface area contributed by atoms with E-state index in [2.05, 4.69) is 25.4 Å². The number of nitrogens with zero attached hydrogens (tertiary/aromatic N) is 5. The van der Waals surface area contributed by atoms with Gasteiger partial charge in [0.25, 0.3) is 5.91 Å². The number of rotatable bonds is 4. The van der Waals surface area contributed by atoms with Gasteiger partial charge in [0.15, 0.2) is 0 Å². The van der Waals surface area contributed by atoms with Crippen LogP contribution < -0.4 is 11.1 Å². The van der Waals surface area contributed by atoms with Crippen LogP contribution in [0, 0.1) is 0 Å². The molecule has 8 nitrogen and oxygen atoms in total. The van der Waals surface area contributed by atoms with Gasteiger partial charge in [0, 0.05) is 18.5 Å². The van der Waals surface area contributed by atoms with E-state index in [9.17, 15) is 4.79 Å². The number of carbonyl (C=O) groups excluding carboxylic acids is 1. The van der Waals surface area contributed by atoms with Gasteiger partial charge in [-0.1, -0.05) is 29.3 Å². The number of primary amides is 1. The SMILES string of the molecule is NC(=O)c1cc(Nc2nccc3nn(-c4c(Cl)cccc4Cl)cc23)ncn1. The van der Waals surface area contributed by atoms with Crippen LogP contribution in [0.25, 0.3) is 16.6 Å². The molecule has 0 radical (unpaired) electrons. The van der Waals surface area contributed by atoms with Crippen molar-refractivity contribution in [1.29, 1.82) is 0 Å². The number of fused-ring (bicyclic) bond motifs is 1. The highest BCUT2D eigenvalue weighted by Gasteiger charge is 2.14. The van der Waals surface area contributed by atoms with Gasteiger partial charge in [0.1, 0.15) is 29.3 Å². The van der Waals surface area contributed by atoms with Crippen LogP contribution >= 0.6 is 23.2 Å². The second kappa shape index (κ2) is 6.82. The minimum atomic E-state index is -0.646. The van der Waals surface area contributed by atoms with Crippen LogP contribution in [0.15, 0.2) is 49.1 Å². The number of hydrogen-bond donors (Lipinski definition) is 2. The first-order valence-corrected chi connectivity index (χ1v) is 8.46. The first-order chi connectivity index (χ1) is 13.0. The number of hydrogen-bond acceptors (Lipinski definition) is 6. The summed E-state index contributed by atoms with van der Waals surface area (Å²) in [5.41, 5.74) is 6.59. The fraction of sp³-hybridized carbons (Fsp3) is 0. The number of halogens is 2. The number of carbonyl (C=O) groups is 1. The van der Waals surface area contributed by atoms with Gasteiger partial charge in [0.05, 0.1) is 20.9 Å². The van der Waals surface area contributed by atoms with Crippen molar-refractivity contribution in [2.24, 2.45) is 5.73 Å². The van der Waals surface area contributed by atoms with Crippen molar-refractivity contribution < 1.29 is 4.79 Å². The van der Waals surface area contributed by atoms with Crippen LogP contribution in [0.4, 0.5) is 11.6 Å². The van der Waals surface area contributed by atoms with Crippen LogP contribution in [0.5, 0.6) is 0 Å². The third-order valence-corrected chi connectivity index (χ3v) is 4.38. The van der Waals surface area contributed by atoms with E-state index in [-0.39, 0.29) is 5.69 Å². The average molecular weight is 400 g/mol. The van der Waals surface area contributed by atoms with Crippen LogP contribution in [0.1, 0.15) is 10.5 Å². The molecule has 4 aromatic rings. The summed E-state index contributed by atoms with van der Waals surface area (Å²) in [5.74, 6) is 0.228. The molecule has 0 atom stereocenters. The second-order valence-electron chi connectivity index (χ2n) is 5.51. The van der Waals surface area contributed by atoms with E-state index in [1.54, 1.807) is 41.3 Å². The zero-order valence-corrected chi connectivity index (χ0v) is 15.1. The van der Waals surface area contributed by atoms with E-state index in [1.807, 2.05) is 0 Å². The van der Waals surface area contributed by atoms with E-state index in [4.69, 9.17) is 28.9 Å². The van der Waals surface area contributed by atoms with Gasteiger partial charge in [-0.25, -0.2) is 19.6 Å². The number of amides is 1. The van der Waals surface area contributed by atoms with Crippen molar-refractivity contribution in [3.63, 3.8) is 0 Å². The fourth-order valence-corrected chi connectivity index (χ4v) is 3.12. The van der Waals surface area contributed by atoms with Gasteiger partial charge in [-0.2, -0.15) is 5.10 Å². The summed E-state index contributed by atoms with van der Waals surface area (Å²) >= 11 is 12.5. The summed E-state index contributed by atoms with van der Waals surface area (Å²) in [6.07, 6.45) is 4.61. The maximum absolute atomic E-state index is 11.3. The summed E-state index contributed by atoms with van der Waals surface area (Å²) < 4.78 is 1.59. The highest BCUT2D eigenvalue weighted by molar-refractivity contribution is 6.37. The van der Waals surface area contributed by atoms with E-state index in [1.165, 1.54) is 12.4 Å². The summed E-state index contributed by atoms with van der Waals surface area (Å²) in [5, 5.41) is 9.22. The van der Waals surface area contributed by atoms with Crippen molar-refractivity contribution >= 4 is 51.6 Å². The number of para-hydroxylation sites is 1. The first kappa shape index (κ1) is 17.2.